The molecule has 0 unspecified atom stereocenters. The lowest BCUT2D eigenvalue weighted by molar-refractivity contribution is -0.119. The van der Waals surface area contributed by atoms with Gasteiger partial charge < -0.3 is 9.59 Å². The van der Waals surface area contributed by atoms with E-state index in [1.54, 1.807) is 0 Å². The Balaban J connectivity index is 3.18. The highest BCUT2D eigenvalue weighted by Crippen LogP contribution is 2.08. The quantitative estimate of drug-likeness (QED) is 0.238. The first kappa shape index (κ1) is 12.1. The van der Waals surface area contributed by atoms with Crippen LogP contribution < -0.4 is 0 Å². The van der Waals surface area contributed by atoms with Crippen LogP contribution >= 0.6 is 0 Å². The second kappa shape index (κ2) is 9.17. The molecule has 0 saturated heterocycles. The van der Waals surface area contributed by atoms with E-state index in [-0.39, 0.29) is 5.92 Å². The largest absolute Gasteiger partial charge is 0.303 e. The van der Waals surface area contributed by atoms with Crippen molar-refractivity contribution in [2.45, 2.75) is 38.5 Å². The van der Waals surface area contributed by atoms with Crippen LogP contribution in [0.5, 0.6) is 0 Å². The molecule has 0 rings (SSSR count). The fraction of sp³-hybridized carbons (Fsp3) is 0.636. The van der Waals surface area contributed by atoms with Crippen molar-refractivity contribution >= 4 is 12.6 Å². The van der Waals surface area contributed by atoms with Gasteiger partial charge in [-0.1, -0.05) is 25.3 Å². The van der Waals surface area contributed by atoms with E-state index in [1.165, 1.54) is 0 Å². The molecule has 0 heterocycles. The van der Waals surface area contributed by atoms with Crippen LogP contribution in [0.3, 0.4) is 0 Å². The summed E-state index contributed by atoms with van der Waals surface area (Å²) in [5.74, 6) is -0.376. The molecule has 0 amide bonds. The highest BCUT2D eigenvalue weighted by atomic mass is 16.1. The zero-order valence-corrected chi connectivity index (χ0v) is 8.08. The Labute approximate surface area is 80.0 Å². The van der Waals surface area contributed by atoms with Crippen molar-refractivity contribution in [3.8, 4) is 0 Å². The van der Waals surface area contributed by atoms with Crippen molar-refractivity contribution in [1.29, 1.82) is 0 Å². The second-order valence-corrected chi connectivity index (χ2v) is 3.22. The zero-order valence-electron chi connectivity index (χ0n) is 8.08. The summed E-state index contributed by atoms with van der Waals surface area (Å²) in [5.41, 5.74) is 0. The lowest BCUT2D eigenvalue weighted by Crippen LogP contribution is -2.02. The molecule has 0 aromatic heterocycles. The van der Waals surface area contributed by atoms with E-state index in [9.17, 15) is 9.59 Å². The van der Waals surface area contributed by atoms with Crippen molar-refractivity contribution in [2.75, 3.05) is 0 Å². The molecule has 0 fully saturated rings. The highest BCUT2D eigenvalue weighted by Gasteiger charge is 2.03. The third kappa shape index (κ3) is 7.44. The number of allylic oxidation sites excluding steroid dienone is 1. The lowest BCUT2D eigenvalue weighted by Gasteiger charge is -2.01. The van der Waals surface area contributed by atoms with E-state index in [4.69, 9.17) is 0 Å². The van der Waals surface area contributed by atoms with Crippen LogP contribution in [0, 0.1) is 5.92 Å². The van der Waals surface area contributed by atoms with Gasteiger partial charge in [-0.3, -0.25) is 0 Å². The number of hydrogen-bond donors (Lipinski definition) is 0. The molecular formula is C11H18O2. The van der Waals surface area contributed by atoms with Gasteiger partial charge in [0, 0.05) is 0 Å². The topological polar surface area (TPSA) is 34.1 Å². The van der Waals surface area contributed by atoms with Crippen molar-refractivity contribution in [3.05, 3.63) is 12.7 Å². The first-order chi connectivity index (χ1) is 6.35. The van der Waals surface area contributed by atoms with Gasteiger partial charge in [0.15, 0.2) is 0 Å². The van der Waals surface area contributed by atoms with Crippen LogP contribution in [0.1, 0.15) is 38.5 Å². The minimum atomic E-state index is -0.376. The molecule has 0 aromatic carbocycles. The predicted molar refractivity (Wildman–Crippen MR) is 53.5 cm³/mol. The molecule has 0 aliphatic carbocycles. The van der Waals surface area contributed by atoms with Gasteiger partial charge in [-0.15, -0.1) is 6.58 Å². The van der Waals surface area contributed by atoms with Gasteiger partial charge in [0.05, 0.1) is 5.92 Å². The third-order valence-electron chi connectivity index (χ3n) is 2.05. The molecular weight excluding hydrogens is 164 g/mol. The van der Waals surface area contributed by atoms with Crippen LogP contribution in [-0.2, 0) is 9.59 Å². The maximum Gasteiger partial charge on any atom is 0.130 e. The number of carbonyl (C=O) groups is 2. The first-order valence-corrected chi connectivity index (χ1v) is 4.86. The Morgan fingerprint density at radius 1 is 1.00 bits per heavy atom. The molecule has 0 aliphatic rings. The van der Waals surface area contributed by atoms with Crippen molar-refractivity contribution in [2.24, 2.45) is 5.92 Å². The average Bonchev–Trinajstić information content (AvgIpc) is 2.17. The highest BCUT2D eigenvalue weighted by molar-refractivity contribution is 5.77. The van der Waals surface area contributed by atoms with E-state index in [0.29, 0.717) is 6.42 Å². The fourth-order valence-electron chi connectivity index (χ4n) is 1.19. The summed E-state index contributed by atoms with van der Waals surface area (Å²) in [6, 6.07) is 0. The summed E-state index contributed by atoms with van der Waals surface area (Å²) in [6.07, 6.45) is 9.55. The van der Waals surface area contributed by atoms with Crippen LogP contribution in [0.25, 0.3) is 0 Å². The molecule has 2 nitrogen and oxygen atoms in total. The summed E-state index contributed by atoms with van der Waals surface area (Å²) in [4.78, 5) is 20.5. The van der Waals surface area contributed by atoms with Gasteiger partial charge in [-0.25, -0.2) is 0 Å². The fourth-order valence-corrected chi connectivity index (χ4v) is 1.19. The van der Waals surface area contributed by atoms with Crippen molar-refractivity contribution in [1.82, 2.24) is 0 Å². The smallest absolute Gasteiger partial charge is 0.130 e. The molecule has 74 valence electrons. The summed E-state index contributed by atoms with van der Waals surface area (Å²) < 4.78 is 0. The van der Waals surface area contributed by atoms with Gasteiger partial charge in [0.2, 0.25) is 0 Å². The Morgan fingerprint density at radius 3 is 2.15 bits per heavy atom. The molecule has 0 aromatic rings. The molecule has 0 spiro atoms. The third-order valence-corrected chi connectivity index (χ3v) is 2.05. The van der Waals surface area contributed by atoms with Crippen LogP contribution in [0.15, 0.2) is 12.7 Å². The second-order valence-electron chi connectivity index (χ2n) is 3.22. The molecule has 2 heteroatoms. The summed E-state index contributed by atoms with van der Waals surface area (Å²) in [7, 11) is 0. The summed E-state index contributed by atoms with van der Waals surface area (Å²) in [6.45, 7) is 3.64. The van der Waals surface area contributed by atoms with Crippen molar-refractivity contribution < 1.29 is 9.59 Å². The van der Waals surface area contributed by atoms with E-state index in [2.05, 4.69) is 6.58 Å². The Morgan fingerprint density at radius 2 is 1.62 bits per heavy atom. The molecule has 0 bridgehead atoms. The monoisotopic (exact) mass is 182 g/mol. The SMILES string of the molecule is C=CCCCCCCC(C=O)C=O. The number of hydrogen-bond acceptors (Lipinski definition) is 2. The minimum absolute atomic E-state index is 0.376. The number of unbranched alkanes of at least 4 members (excludes halogenated alkanes) is 4. The van der Waals surface area contributed by atoms with E-state index in [1.807, 2.05) is 6.08 Å². The van der Waals surface area contributed by atoms with Crippen LogP contribution in [0.2, 0.25) is 0 Å². The molecule has 0 atom stereocenters. The van der Waals surface area contributed by atoms with E-state index in [0.717, 1.165) is 44.7 Å². The van der Waals surface area contributed by atoms with E-state index < -0.39 is 0 Å². The Bertz CT molecular complexity index is 144. The Hall–Kier alpha value is -0.920. The maximum absolute atomic E-state index is 10.3. The first-order valence-electron chi connectivity index (χ1n) is 4.86. The maximum atomic E-state index is 10.3. The summed E-state index contributed by atoms with van der Waals surface area (Å²) >= 11 is 0. The molecule has 0 N–H and O–H groups in total. The standard InChI is InChI=1S/C11H18O2/c1-2-3-4-5-6-7-8-11(9-12)10-13/h2,9-11H,1,3-8H2. The molecule has 0 aliphatic heterocycles. The normalized spacial score (nSPS) is 9.92. The van der Waals surface area contributed by atoms with Gasteiger partial charge in [0.25, 0.3) is 0 Å². The lowest BCUT2D eigenvalue weighted by atomic mass is 10.0. The van der Waals surface area contributed by atoms with E-state index >= 15 is 0 Å². The molecule has 0 radical (unpaired) electrons. The van der Waals surface area contributed by atoms with Crippen LogP contribution in [0.4, 0.5) is 0 Å². The van der Waals surface area contributed by atoms with Gasteiger partial charge in [0.1, 0.15) is 12.6 Å². The summed E-state index contributed by atoms with van der Waals surface area (Å²) in [5, 5.41) is 0. The predicted octanol–water partition coefficient (Wildman–Crippen LogP) is 2.53. The number of aldehydes is 2. The molecule has 0 saturated carbocycles. The Kier molecular flexibility index (Phi) is 8.52. The average molecular weight is 182 g/mol. The number of carbonyl (C=O) groups excluding carboxylic acids is 2. The van der Waals surface area contributed by atoms with Gasteiger partial charge in [-0.2, -0.15) is 0 Å². The number of rotatable bonds is 9. The van der Waals surface area contributed by atoms with Gasteiger partial charge >= 0.3 is 0 Å². The molecule has 13 heavy (non-hydrogen) atoms. The van der Waals surface area contributed by atoms with Gasteiger partial charge in [-0.05, 0) is 19.3 Å². The minimum Gasteiger partial charge on any atom is -0.303 e. The van der Waals surface area contributed by atoms with Crippen molar-refractivity contribution in [3.63, 3.8) is 0 Å². The zero-order chi connectivity index (χ0) is 9.94. The van der Waals surface area contributed by atoms with Crippen LogP contribution in [-0.4, -0.2) is 12.6 Å².